The first-order chi connectivity index (χ1) is 12.9. The van der Waals surface area contributed by atoms with Gasteiger partial charge < -0.3 is 20.4 Å². The standard InChI is InChI=1S/C21H27N3O3/c1-14-13-18(15(2)27-14)21(26)23-17-9-11-24(12-10-17)20(25)8-7-16-5-3-4-6-19(16)22/h3-6,13,17H,7-12,22H2,1-2H3,(H,23,26). The molecule has 1 fully saturated rings. The Kier molecular flexibility index (Phi) is 5.84. The Morgan fingerprint density at radius 1 is 1.22 bits per heavy atom. The largest absolute Gasteiger partial charge is 0.466 e. The van der Waals surface area contributed by atoms with Crippen molar-refractivity contribution in [1.82, 2.24) is 10.2 Å². The highest BCUT2D eigenvalue weighted by atomic mass is 16.3. The number of nitrogens with one attached hydrogen (secondary N) is 1. The van der Waals surface area contributed by atoms with E-state index in [9.17, 15) is 9.59 Å². The fourth-order valence-corrected chi connectivity index (χ4v) is 3.55. The third-order valence-electron chi connectivity index (χ3n) is 5.13. The lowest BCUT2D eigenvalue weighted by Gasteiger charge is -2.32. The van der Waals surface area contributed by atoms with Gasteiger partial charge >= 0.3 is 0 Å². The van der Waals surface area contributed by atoms with E-state index in [4.69, 9.17) is 10.2 Å². The number of carbonyl (C=O) groups is 2. The van der Waals surface area contributed by atoms with Crippen LogP contribution in [0.25, 0.3) is 0 Å². The lowest BCUT2D eigenvalue weighted by atomic mass is 10.0. The number of amides is 2. The summed E-state index contributed by atoms with van der Waals surface area (Å²) in [5.74, 6) is 1.41. The van der Waals surface area contributed by atoms with Crippen LogP contribution in [-0.2, 0) is 11.2 Å². The van der Waals surface area contributed by atoms with Crippen LogP contribution in [0.4, 0.5) is 5.69 Å². The number of hydrogen-bond acceptors (Lipinski definition) is 4. The van der Waals surface area contributed by atoms with Crippen LogP contribution in [-0.4, -0.2) is 35.8 Å². The van der Waals surface area contributed by atoms with Crippen molar-refractivity contribution in [3.05, 3.63) is 53.0 Å². The smallest absolute Gasteiger partial charge is 0.255 e. The number of para-hydroxylation sites is 1. The lowest BCUT2D eigenvalue weighted by Crippen LogP contribution is -2.46. The molecule has 0 unspecified atom stereocenters. The molecule has 1 aliphatic rings. The number of nitrogens with zero attached hydrogens (tertiary/aromatic N) is 1. The third kappa shape index (κ3) is 4.70. The predicted octanol–water partition coefficient (Wildman–Crippen LogP) is 2.83. The fourth-order valence-electron chi connectivity index (χ4n) is 3.55. The number of aryl methyl sites for hydroxylation is 3. The Labute approximate surface area is 159 Å². The van der Waals surface area contributed by atoms with Crippen LogP contribution in [0.5, 0.6) is 0 Å². The second-order valence-corrected chi connectivity index (χ2v) is 7.15. The van der Waals surface area contributed by atoms with E-state index in [-0.39, 0.29) is 17.9 Å². The normalized spacial score (nSPS) is 15.0. The quantitative estimate of drug-likeness (QED) is 0.793. The van der Waals surface area contributed by atoms with Crippen molar-refractivity contribution in [2.75, 3.05) is 18.8 Å². The first kappa shape index (κ1) is 19.0. The van der Waals surface area contributed by atoms with Gasteiger partial charge in [-0.15, -0.1) is 0 Å². The predicted molar refractivity (Wildman–Crippen MR) is 104 cm³/mol. The number of piperidine rings is 1. The van der Waals surface area contributed by atoms with E-state index in [1.807, 2.05) is 36.1 Å². The van der Waals surface area contributed by atoms with E-state index in [0.717, 1.165) is 29.9 Å². The van der Waals surface area contributed by atoms with Crippen LogP contribution in [0.2, 0.25) is 0 Å². The Bertz CT molecular complexity index is 820. The summed E-state index contributed by atoms with van der Waals surface area (Å²) in [6.45, 7) is 4.95. The highest BCUT2D eigenvalue weighted by Gasteiger charge is 2.25. The van der Waals surface area contributed by atoms with Crippen LogP contribution in [0, 0.1) is 13.8 Å². The summed E-state index contributed by atoms with van der Waals surface area (Å²) < 4.78 is 5.42. The number of furan rings is 1. The SMILES string of the molecule is Cc1cc(C(=O)NC2CCN(C(=O)CCc3ccccc3N)CC2)c(C)o1. The molecule has 3 N–H and O–H groups in total. The monoisotopic (exact) mass is 369 g/mol. The van der Waals surface area contributed by atoms with E-state index in [1.54, 1.807) is 13.0 Å². The maximum atomic E-state index is 12.5. The van der Waals surface area contributed by atoms with Crippen LogP contribution in [0.1, 0.15) is 46.7 Å². The third-order valence-corrected chi connectivity index (χ3v) is 5.13. The van der Waals surface area contributed by atoms with Gasteiger partial charge in [0.2, 0.25) is 5.91 Å². The van der Waals surface area contributed by atoms with Gasteiger partial charge in [0.1, 0.15) is 11.5 Å². The van der Waals surface area contributed by atoms with E-state index in [1.165, 1.54) is 0 Å². The molecule has 6 nitrogen and oxygen atoms in total. The van der Waals surface area contributed by atoms with E-state index >= 15 is 0 Å². The Hall–Kier alpha value is -2.76. The molecule has 1 saturated heterocycles. The molecule has 3 rings (SSSR count). The lowest BCUT2D eigenvalue weighted by molar-refractivity contribution is -0.132. The maximum Gasteiger partial charge on any atom is 0.255 e. The van der Waals surface area contributed by atoms with Crippen LogP contribution >= 0.6 is 0 Å². The second kappa shape index (κ2) is 8.29. The fraction of sp³-hybridized carbons (Fsp3) is 0.429. The summed E-state index contributed by atoms with van der Waals surface area (Å²) in [4.78, 5) is 26.7. The summed E-state index contributed by atoms with van der Waals surface area (Å²) in [7, 11) is 0. The number of nitrogens with two attached hydrogens (primary N) is 1. The molecule has 2 heterocycles. The molecule has 1 aromatic heterocycles. The summed E-state index contributed by atoms with van der Waals surface area (Å²) in [5, 5.41) is 3.06. The van der Waals surface area contributed by atoms with Crippen molar-refractivity contribution in [3.8, 4) is 0 Å². The molecule has 0 radical (unpaired) electrons. The molecule has 1 aliphatic heterocycles. The zero-order chi connectivity index (χ0) is 19.4. The van der Waals surface area contributed by atoms with Crippen LogP contribution < -0.4 is 11.1 Å². The van der Waals surface area contributed by atoms with E-state index in [0.29, 0.717) is 37.3 Å². The topological polar surface area (TPSA) is 88.6 Å². The maximum absolute atomic E-state index is 12.5. The average Bonchev–Trinajstić information content (AvgIpc) is 3.00. The molecule has 6 heteroatoms. The summed E-state index contributed by atoms with van der Waals surface area (Å²) >= 11 is 0. The van der Waals surface area contributed by atoms with Crippen molar-refractivity contribution >= 4 is 17.5 Å². The Balaban J connectivity index is 1.45. The molecule has 0 spiro atoms. The Morgan fingerprint density at radius 2 is 1.93 bits per heavy atom. The molecule has 0 saturated carbocycles. The molecule has 2 aromatic rings. The first-order valence-electron chi connectivity index (χ1n) is 9.43. The van der Waals surface area contributed by atoms with Gasteiger partial charge in [-0.05, 0) is 50.8 Å². The number of nitrogen functional groups attached to an aromatic ring is 1. The average molecular weight is 369 g/mol. The van der Waals surface area contributed by atoms with Gasteiger partial charge in [-0.3, -0.25) is 9.59 Å². The van der Waals surface area contributed by atoms with Gasteiger partial charge in [0.25, 0.3) is 5.91 Å². The van der Waals surface area contributed by atoms with Crippen LogP contribution in [0.15, 0.2) is 34.7 Å². The minimum atomic E-state index is -0.103. The van der Waals surface area contributed by atoms with Crippen molar-refractivity contribution in [2.24, 2.45) is 0 Å². The number of anilines is 1. The summed E-state index contributed by atoms with van der Waals surface area (Å²) in [5.41, 5.74) is 8.27. The zero-order valence-corrected chi connectivity index (χ0v) is 16.0. The second-order valence-electron chi connectivity index (χ2n) is 7.15. The van der Waals surface area contributed by atoms with Gasteiger partial charge in [0.15, 0.2) is 0 Å². The molecule has 0 aliphatic carbocycles. The highest BCUT2D eigenvalue weighted by molar-refractivity contribution is 5.95. The van der Waals surface area contributed by atoms with Crippen molar-refractivity contribution in [3.63, 3.8) is 0 Å². The van der Waals surface area contributed by atoms with E-state index in [2.05, 4.69) is 5.32 Å². The number of carbonyl (C=O) groups excluding carboxylic acids is 2. The van der Waals surface area contributed by atoms with Crippen molar-refractivity contribution in [2.45, 2.75) is 45.6 Å². The van der Waals surface area contributed by atoms with Crippen molar-refractivity contribution in [1.29, 1.82) is 0 Å². The van der Waals surface area contributed by atoms with Gasteiger partial charge in [0, 0.05) is 31.2 Å². The minimum absolute atomic E-state index is 0.0842. The molecule has 27 heavy (non-hydrogen) atoms. The van der Waals surface area contributed by atoms with Gasteiger partial charge in [-0.2, -0.15) is 0 Å². The minimum Gasteiger partial charge on any atom is -0.466 e. The highest BCUT2D eigenvalue weighted by Crippen LogP contribution is 2.18. The molecular formula is C21H27N3O3. The number of rotatable bonds is 5. The molecule has 2 amide bonds. The van der Waals surface area contributed by atoms with Crippen LogP contribution in [0.3, 0.4) is 0 Å². The zero-order valence-electron chi connectivity index (χ0n) is 16.0. The molecule has 0 atom stereocenters. The van der Waals surface area contributed by atoms with Gasteiger partial charge in [-0.25, -0.2) is 0 Å². The number of benzene rings is 1. The first-order valence-corrected chi connectivity index (χ1v) is 9.43. The molecular weight excluding hydrogens is 342 g/mol. The molecule has 1 aromatic carbocycles. The number of likely N-dealkylation sites (tertiary alicyclic amines) is 1. The molecule has 144 valence electrons. The summed E-state index contributed by atoms with van der Waals surface area (Å²) in [6, 6.07) is 9.50. The van der Waals surface area contributed by atoms with Gasteiger partial charge in [-0.1, -0.05) is 18.2 Å². The van der Waals surface area contributed by atoms with Gasteiger partial charge in [0.05, 0.1) is 5.56 Å². The summed E-state index contributed by atoms with van der Waals surface area (Å²) in [6.07, 6.45) is 2.64. The molecule has 0 bridgehead atoms. The van der Waals surface area contributed by atoms with E-state index < -0.39 is 0 Å². The Morgan fingerprint density at radius 3 is 2.56 bits per heavy atom. The number of hydrogen-bond donors (Lipinski definition) is 2. The van der Waals surface area contributed by atoms with Crippen molar-refractivity contribution < 1.29 is 14.0 Å².